The summed E-state index contributed by atoms with van der Waals surface area (Å²) in [5.41, 5.74) is 0. The summed E-state index contributed by atoms with van der Waals surface area (Å²) < 4.78 is 9.97. The van der Waals surface area contributed by atoms with Crippen molar-refractivity contribution in [2.24, 2.45) is 0 Å². The van der Waals surface area contributed by atoms with Gasteiger partial charge < -0.3 is 4.74 Å². The molecule has 0 aromatic heterocycles. The van der Waals surface area contributed by atoms with E-state index in [-0.39, 0.29) is 13.6 Å². The lowest BCUT2D eigenvalue weighted by molar-refractivity contribution is -0.126. The van der Waals surface area contributed by atoms with Gasteiger partial charge in [-0.1, -0.05) is 0 Å². The molecule has 0 saturated carbocycles. The fraction of sp³-hybridized carbons (Fsp3) is 0.500. The highest BCUT2D eigenvalue weighted by Crippen LogP contribution is 1.35. The Labute approximate surface area is 25.8 Å². The Balaban J connectivity index is 2.40. The van der Waals surface area contributed by atoms with Crippen molar-refractivity contribution in [3.05, 3.63) is 0 Å². The number of rotatable bonds is 1. The first-order valence-electron chi connectivity index (χ1n) is 1.47. The van der Waals surface area contributed by atoms with Crippen LogP contribution in [-0.4, -0.2) is 13.6 Å². The SMILES string of the molecule is [2H]COC=O. The zero-order valence-electron chi connectivity index (χ0n) is 3.10. The molecule has 0 heterocycles. The van der Waals surface area contributed by atoms with Crippen LogP contribution in [0.1, 0.15) is 1.37 Å². The van der Waals surface area contributed by atoms with Crippen LogP contribution < -0.4 is 0 Å². The highest BCUT2D eigenvalue weighted by atomic mass is 16.5. The van der Waals surface area contributed by atoms with E-state index in [4.69, 9.17) is 6.17 Å². The molecule has 0 aromatic rings. The minimum absolute atomic E-state index is 0.243. The van der Waals surface area contributed by atoms with Gasteiger partial charge in [-0.2, -0.15) is 0 Å². The van der Waals surface area contributed by atoms with E-state index in [2.05, 4.69) is 4.74 Å². The number of hydrogen-bond donors (Lipinski definition) is 0. The smallest absolute Gasteiger partial charge is 0.292 e. The van der Waals surface area contributed by atoms with Crippen LogP contribution in [0.5, 0.6) is 0 Å². The number of carbonyl (C=O) groups excluding carboxylic acids is 1. The van der Waals surface area contributed by atoms with Gasteiger partial charge >= 0.3 is 0 Å². The molecule has 0 aliphatic rings. The Morgan fingerprint density at radius 1 is 2.50 bits per heavy atom. The van der Waals surface area contributed by atoms with Crippen molar-refractivity contribution in [2.75, 3.05) is 7.09 Å². The van der Waals surface area contributed by atoms with Crippen LogP contribution in [0.3, 0.4) is 0 Å². The number of ether oxygens (including phenoxy) is 1. The van der Waals surface area contributed by atoms with Crippen molar-refractivity contribution in [3.63, 3.8) is 0 Å². The average molecular weight is 61.1 g/mol. The standard InChI is InChI=1S/C2H4O2/c1-4-2-3/h2H,1H3/i1D. The summed E-state index contributed by atoms with van der Waals surface area (Å²) in [6, 6.07) is 0. The van der Waals surface area contributed by atoms with Crippen molar-refractivity contribution in [1.29, 1.82) is 0 Å². The number of hydrogen-bond acceptors (Lipinski definition) is 2. The topological polar surface area (TPSA) is 26.3 Å². The first-order valence-corrected chi connectivity index (χ1v) is 0.760. The van der Waals surface area contributed by atoms with Gasteiger partial charge in [-0.15, -0.1) is 0 Å². The fourth-order valence-electron chi connectivity index (χ4n) is 0. The maximum absolute atomic E-state index is 9.06. The zero-order chi connectivity index (χ0) is 4.12. The van der Waals surface area contributed by atoms with Gasteiger partial charge in [-0.25, -0.2) is 0 Å². The molecule has 0 amide bonds. The quantitative estimate of drug-likeness (QED) is 0.392. The van der Waals surface area contributed by atoms with Gasteiger partial charge in [-0.05, 0) is 0 Å². The predicted molar refractivity (Wildman–Crippen MR) is 13.1 cm³/mol. The van der Waals surface area contributed by atoms with Crippen LogP contribution in [-0.2, 0) is 9.53 Å². The lowest BCUT2D eigenvalue weighted by atomic mass is 11.5. The molecule has 0 aliphatic carbocycles. The monoisotopic (exact) mass is 61.0 g/mol. The van der Waals surface area contributed by atoms with Crippen molar-refractivity contribution < 1.29 is 10.9 Å². The lowest BCUT2D eigenvalue weighted by Gasteiger charge is -1.67. The molecule has 0 fully saturated rings. The van der Waals surface area contributed by atoms with Crippen LogP contribution in [0.25, 0.3) is 0 Å². The van der Waals surface area contributed by atoms with Crippen LogP contribution in [0.4, 0.5) is 0 Å². The van der Waals surface area contributed by atoms with E-state index in [9.17, 15) is 0 Å². The summed E-state index contributed by atoms with van der Waals surface area (Å²) in [5.74, 6) is 0. The van der Waals surface area contributed by atoms with E-state index < -0.39 is 0 Å². The minimum Gasteiger partial charge on any atom is -0.471 e. The average Bonchev–Trinajstić information content (AvgIpc) is 1.41. The molecule has 0 radical (unpaired) electrons. The first-order chi connectivity index (χ1) is 2.41. The molecule has 0 spiro atoms. The summed E-state index contributed by atoms with van der Waals surface area (Å²) in [6.45, 7) is 0.243. The molecule has 0 N–H and O–H groups in total. The predicted octanol–water partition coefficient (Wildman–Crippen LogP) is -0.211. The van der Waals surface area contributed by atoms with Gasteiger partial charge in [0.15, 0.2) is 0 Å². The third kappa shape index (κ3) is 1.47. The van der Waals surface area contributed by atoms with Crippen molar-refractivity contribution in [3.8, 4) is 0 Å². The van der Waals surface area contributed by atoms with E-state index in [0.717, 1.165) is 0 Å². The zero-order valence-corrected chi connectivity index (χ0v) is 2.10. The van der Waals surface area contributed by atoms with Crippen LogP contribution in [0.15, 0.2) is 0 Å². The van der Waals surface area contributed by atoms with Crippen molar-refractivity contribution in [1.82, 2.24) is 0 Å². The summed E-state index contributed by atoms with van der Waals surface area (Å²) >= 11 is 0. The lowest BCUT2D eigenvalue weighted by Crippen LogP contribution is -1.68. The number of carbonyl (C=O) groups is 1. The highest BCUT2D eigenvalue weighted by molar-refractivity contribution is 5.36. The highest BCUT2D eigenvalue weighted by Gasteiger charge is 1.44. The second-order valence-corrected chi connectivity index (χ2v) is 0.263. The van der Waals surface area contributed by atoms with Gasteiger partial charge in [0.1, 0.15) is 0 Å². The van der Waals surface area contributed by atoms with Crippen molar-refractivity contribution >= 4 is 6.47 Å². The van der Waals surface area contributed by atoms with E-state index in [1.54, 1.807) is 0 Å². The minimum atomic E-state index is -0.274. The Kier molecular flexibility index (Phi) is 1.09. The van der Waals surface area contributed by atoms with Gasteiger partial charge in [0.05, 0.1) is 8.46 Å². The summed E-state index contributed by atoms with van der Waals surface area (Å²) in [7, 11) is -0.274. The molecular formula is C2H4O2. The normalized spacial score (nSPS) is 8.50. The van der Waals surface area contributed by atoms with Crippen LogP contribution in [0, 0.1) is 0 Å². The van der Waals surface area contributed by atoms with Crippen LogP contribution in [0.2, 0.25) is 0 Å². The molecule has 0 atom stereocenters. The summed E-state index contributed by atoms with van der Waals surface area (Å²) in [5, 5.41) is 0. The molecule has 4 heavy (non-hydrogen) atoms. The van der Waals surface area contributed by atoms with E-state index in [1.165, 1.54) is 0 Å². The molecule has 0 rings (SSSR count). The fourth-order valence-corrected chi connectivity index (χ4v) is 0. The van der Waals surface area contributed by atoms with Crippen molar-refractivity contribution in [2.45, 2.75) is 0 Å². The molecule has 2 heteroatoms. The third-order valence-electron chi connectivity index (χ3n) is 0.0680. The second-order valence-electron chi connectivity index (χ2n) is 0.263. The van der Waals surface area contributed by atoms with E-state index in [1.807, 2.05) is 0 Å². The Morgan fingerprint density at radius 2 is 3.25 bits per heavy atom. The Morgan fingerprint density at radius 3 is 3.25 bits per heavy atom. The first kappa shape index (κ1) is 1.76. The molecule has 24 valence electrons. The largest absolute Gasteiger partial charge is 0.471 e. The third-order valence-corrected chi connectivity index (χ3v) is 0.0680. The molecule has 2 nitrogen and oxygen atoms in total. The molecule has 0 saturated heterocycles. The van der Waals surface area contributed by atoms with Gasteiger partial charge in [0.2, 0.25) is 0 Å². The van der Waals surface area contributed by atoms with Gasteiger partial charge in [0, 0.05) is 0 Å². The molecule has 0 unspecified atom stereocenters. The molecular weight excluding hydrogens is 56.0 g/mol. The maximum atomic E-state index is 9.06. The van der Waals surface area contributed by atoms with E-state index in [0.29, 0.717) is 0 Å². The summed E-state index contributed by atoms with van der Waals surface area (Å²) in [4.78, 5) is 9.06. The van der Waals surface area contributed by atoms with Gasteiger partial charge in [0.25, 0.3) is 6.47 Å². The van der Waals surface area contributed by atoms with Crippen LogP contribution >= 0.6 is 0 Å². The number of methoxy groups -OCH3 is 1. The molecule has 0 aromatic carbocycles. The second kappa shape index (κ2) is 2.47. The van der Waals surface area contributed by atoms with E-state index >= 15 is 0 Å². The summed E-state index contributed by atoms with van der Waals surface area (Å²) in [6.07, 6.45) is 0. The molecule has 0 bridgehead atoms. The Bertz CT molecular complexity index is 28.8. The Hall–Kier alpha value is -0.530. The van der Waals surface area contributed by atoms with Gasteiger partial charge in [-0.3, -0.25) is 4.79 Å². The maximum Gasteiger partial charge on any atom is 0.292 e. The molecule has 0 aliphatic heterocycles.